The molecule has 0 spiro atoms. The van der Waals surface area contributed by atoms with Crippen molar-refractivity contribution < 1.29 is 53.4 Å². The van der Waals surface area contributed by atoms with Crippen molar-refractivity contribution in [1.82, 2.24) is 0 Å². The van der Waals surface area contributed by atoms with Gasteiger partial charge in [0, 0.05) is 0 Å². The van der Waals surface area contributed by atoms with E-state index in [4.69, 9.17) is 0 Å². The van der Waals surface area contributed by atoms with Crippen LogP contribution in [-0.4, -0.2) is 3.21 Å². The quantitative estimate of drug-likeness (QED) is 0.358. The fourth-order valence-corrected chi connectivity index (χ4v) is 3.44. The number of halogens is 3. The summed E-state index contributed by atoms with van der Waals surface area (Å²) in [6.07, 6.45) is 0. The van der Waals surface area contributed by atoms with E-state index in [1.54, 1.807) is 12.1 Å². The van der Waals surface area contributed by atoms with Gasteiger partial charge in [-0.15, -0.1) is 11.6 Å². The van der Waals surface area contributed by atoms with Gasteiger partial charge in [-0.2, -0.15) is 18.2 Å². The maximum absolute atomic E-state index is 13.2. The molecule has 0 atom stereocenters. The summed E-state index contributed by atoms with van der Waals surface area (Å²) in [5.74, 6) is -0.163. The number of benzene rings is 3. The third-order valence-corrected chi connectivity index (χ3v) is 5.39. The van der Waals surface area contributed by atoms with Crippen molar-refractivity contribution in [3.05, 3.63) is 126 Å². The number of hydrogen-bond donors (Lipinski definition) is 0. The van der Waals surface area contributed by atoms with Gasteiger partial charge in [-0.3, -0.25) is 0 Å². The summed E-state index contributed by atoms with van der Waals surface area (Å²) >= 11 is 1.46. The molecule has 28 heavy (non-hydrogen) atoms. The first kappa shape index (κ1) is 24.3. The second-order valence-corrected chi connectivity index (χ2v) is 6.99. The van der Waals surface area contributed by atoms with Gasteiger partial charge in [0.15, 0.2) is 0 Å². The molecule has 4 rings (SSSR count). The second kappa shape index (κ2) is 12.7. The zero-order valence-electron chi connectivity index (χ0n) is 15.0. The molecule has 4 heteroatoms. The molecule has 0 aliphatic rings. The molecular formula is C24H18Cl2FZr-. The average molecular weight is 488 g/mol. The Morgan fingerprint density at radius 1 is 0.643 bits per heavy atom. The average Bonchev–Trinajstić information content (AvgIpc) is 3.24. The van der Waals surface area contributed by atoms with Crippen LogP contribution in [0, 0.1) is 5.82 Å². The van der Waals surface area contributed by atoms with Crippen molar-refractivity contribution in [2.45, 2.75) is 0 Å². The standard InChI is InChI=1S/C13H10.C11H8F.2ClH.Zr/c1-3-7-12(8-4-1)11-13-9-5-2-6-10-13;12-11-8-4-3-7-10(11)9-5-1-2-6-9;;;/h1-10H;1-8H;2*1H;/q;-1;;;+2/p-2. The van der Waals surface area contributed by atoms with Crippen LogP contribution in [0.5, 0.6) is 0 Å². The third-order valence-electron chi connectivity index (χ3n) is 3.97. The van der Waals surface area contributed by atoms with E-state index in [1.165, 1.54) is 44.6 Å². The van der Waals surface area contributed by atoms with E-state index < -0.39 is 0 Å². The second-order valence-electron chi connectivity index (χ2n) is 5.76. The van der Waals surface area contributed by atoms with E-state index in [0.29, 0.717) is 5.56 Å². The van der Waals surface area contributed by atoms with Crippen molar-refractivity contribution >= 4 is 3.21 Å². The molecule has 0 saturated carbocycles. The number of hydrogen-bond acceptors (Lipinski definition) is 0. The van der Waals surface area contributed by atoms with E-state index >= 15 is 0 Å². The Morgan fingerprint density at radius 2 is 1.14 bits per heavy atom. The summed E-state index contributed by atoms with van der Waals surface area (Å²) < 4.78 is 14.6. The first-order valence-electron chi connectivity index (χ1n) is 8.42. The zero-order chi connectivity index (χ0) is 18.2. The number of rotatable bonds is 3. The van der Waals surface area contributed by atoms with Crippen LogP contribution in [0.25, 0.3) is 11.1 Å². The van der Waals surface area contributed by atoms with Gasteiger partial charge in [-0.1, -0.05) is 23.8 Å². The molecule has 4 aromatic carbocycles. The SMILES string of the molecule is Fc1ccccc1-c1ccc[cH-]1.[Cl-].[Cl-].[Zr+2]=[C](c1ccccc1)c1ccccc1. The predicted molar refractivity (Wildman–Crippen MR) is 104 cm³/mol. The Balaban J connectivity index is 0.000000264. The summed E-state index contributed by atoms with van der Waals surface area (Å²) in [7, 11) is 0. The van der Waals surface area contributed by atoms with Crippen LogP contribution >= 0.6 is 0 Å². The van der Waals surface area contributed by atoms with E-state index in [0.717, 1.165) is 5.56 Å². The molecule has 4 aromatic rings. The molecule has 0 aliphatic heterocycles. The molecule has 0 nitrogen and oxygen atoms in total. The summed E-state index contributed by atoms with van der Waals surface area (Å²) in [5.41, 5.74) is 4.27. The molecule has 0 saturated heterocycles. The molecule has 140 valence electrons. The molecule has 0 aromatic heterocycles. The summed E-state index contributed by atoms with van der Waals surface area (Å²) in [5, 5.41) is 0. The first-order chi connectivity index (χ1) is 12.8. The van der Waals surface area contributed by atoms with Crippen molar-refractivity contribution in [2.75, 3.05) is 0 Å². The summed E-state index contributed by atoms with van der Waals surface area (Å²) in [6, 6.07) is 35.5. The van der Waals surface area contributed by atoms with Gasteiger partial charge in [-0.25, -0.2) is 4.39 Å². The van der Waals surface area contributed by atoms with Crippen molar-refractivity contribution in [2.24, 2.45) is 0 Å². The first-order valence-corrected chi connectivity index (χ1v) is 9.64. The normalized spacial score (nSPS) is 9.25. The Kier molecular flexibility index (Phi) is 11.0. The topological polar surface area (TPSA) is 0 Å². The van der Waals surface area contributed by atoms with E-state index in [1.807, 2.05) is 30.3 Å². The molecule has 0 heterocycles. The molecule has 0 radical (unpaired) electrons. The molecule has 0 aliphatic carbocycles. The van der Waals surface area contributed by atoms with E-state index in [-0.39, 0.29) is 30.6 Å². The molecule has 0 N–H and O–H groups in total. The van der Waals surface area contributed by atoms with Gasteiger partial charge in [0.1, 0.15) is 0 Å². The Morgan fingerprint density at radius 3 is 1.61 bits per heavy atom. The summed E-state index contributed by atoms with van der Waals surface area (Å²) in [4.78, 5) is 0. The minimum absolute atomic E-state index is 0. The molecule has 0 amide bonds. The van der Waals surface area contributed by atoms with Gasteiger partial charge < -0.3 is 24.8 Å². The molecule has 0 unspecified atom stereocenters. The van der Waals surface area contributed by atoms with Crippen LogP contribution in [0.2, 0.25) is 0 Å². The van der Waals surface area contributed by atoms with Gasteiger partial charge in [-0.05, 0) is 6.07 Å². The van der Waals surface area contributed by atoms with E-state index in [2.05, 4.69) is 60.7 Å². The Bertz CT molecular complexity index is 911. The van der Waals surface area contributed by atoms with Crippen LogP contribution in [0.4, 0.5) is 4.39 Å². The Labute approximate surface area is 192 Å². The monoisotopic (exact) mass is 485 g/mol. The van der Waals surface area contributed by atoms with Gasteiger partial charge >= 0.3 is 99.2 Å². The zero-order valence-corrected chi connectivity index (χ0v) is 19.0. The maximum atomic E-state index is 13.2. The van der Waals surface area contributed by atoms with Crippen molar-refractivity contribution in [3.8, 4) is 11.1 Å². The van der Waals surface area contributed by atoms with Crippen LogP contribution in [0.15, 0.2) is 109 Å². The van der Waals surface area contributed by atoms with Gasteiger partial charge in [0.05, 0.1) is 5.82 Å². The molecular weight excluding hydrogens is 469 g/mol. The predicted octanol–water partition coefficient (Wildman–Crippen LogP) is 0.0218. The Hall–Kier alpha value is -1.73. The van der Waals surface area contributed by atoms with E-state index in [9.17, 15) is 4.39 Å². The molecule has 0 bridgehead atoms. The van der Waals surface area contributed by atoms with Crippen LogP contribution in [0.1, 0.15) is 11.1 Å². The van der Waals surface area contributed by atoms with Gasteiger partial charge in [0.25, 0.3) is 0 Å². The van der Waals surface area contributed by atoms with Crippen LogP contribution in [0.3, 0.4) is 0 Å². The molecule has 0 fully saturated rings. The minimum atomic E-state index is -0.163. The van der Waals surface area contributed by atoms with Crippen molar-refractivity contribution in [3.63, 3.8) is 0 Å². The fourth-order valence-electron chi connectivity index (χ4n) is 2.63. The third kappa shape index (κ3) is 6.71. The fraction of sp³-hybridized carbons (Fsp3) is 0. The van der Waals surface area contributed by atoms with Crippen LogP contribution in [-0.2, 0) is 24.2 Å². The van der Waals surface area contributed by atoms with Crippen molar-refractivity contribution in [1.29, 1.82) is 0 Å². The van der Waals surface area contributed by atoms with Gasteiger partial charge in [0.2, 0.25) is 0 Å². The van der Waals surface area contributed by atoms with Crippen LogP contribution < -0.4 is 24.8 Å². The summed E-state index contributed by atoms with van der Waals surface area (Å²) in [6.45, 7) is 0.